The van der Waals surface area contributed by atoms with Gasteiger partial charge in [-0.15, -0.1) is 0 Å². The van der Waals surface area contributed by atoms with Gasteiger partial charge in [0, 0.05) is 16.6 Å². The molecule has 1 N–H and O–H groups in total. The molecule has 5 rings (SSSR count). The van der Waals surface area contributed by atoms with Crippen molar-refractivity contribution >= 4 is 33.9 Å². The normalized spacial score (nSPS) is 16.4. The van der Waals surface area contributed by atoms with Crippen LogP contribution in [0.4, 0.5) is 11.5 Å². The zero-order valence-electron chi connectivity index (χ0n) is 13.3. The number of aromatic nitrogens is 2. The number of rotatable bonds is 3. The van der Waals surface area contributed by atoms with E-state index < -0.39 is 0 Å². The highest BCUT2D eigenvalue weighted by Crippen LogP contribution is 2.44. The largest absolute Gasteiger partial charge is 0.339 e. The molecule has 3 aromatic rings. The van der Waals surface area contributed by atoms with Crippen LogP contribution in [0, 0.1) is 0 Å². The van der Waals surface area contributed by atoms with Gasteiger partial charge in [0.1, 0.15) is 5.82 Å². The van der Waals surface area contributed by atoms with Crippen LogP contribution in [-0.2, 0) is 12.8 Å². The summed E-state index contributed by atoms with van der Waals surface area (Å²) in [6, 6.07) is 13.1. The minimum atomic E-state index is 0.331. The molecule has 0 saturated heterocycles. The van der Waals surface area contributed by atoms with Crippen LogP contribution in [0.1, 0.15) is 42.0 Å². The van der Waals surface area contributed by atoms with Gasteiger partial charge in [-0.05, 0) is 66.6 Å². The molecule has 3 nitrogen and oxygen atoms in total. The molecule has 0 unspecified atom stereocenters. The zero-order chi connectivity index (χ0) is 16.1. The SMILES string of the molecule is Clc1nc2c(c(Nc3ccc(C4CC4)c4ccccc34)n1)CCC2. The summed E-state index contributed by atoms with van der Waals surface area (Å²) < 4.78 is 0. The number of hydrogen-bond acceptors (Lipinski definition) is 3. The average Bonchev–Trinajstić information content (AvgIpc) is 3.32. The molecule has 24 heavy (non-hydrogen) atoms. The number of fused-ring (bicyclic) bond motifs is 2. The van der Waals surface area contributed by atoms with Crippen LogP contribution in [0.5, 0.6) is 0 Å². The fraction of sp³-hybridized carbons (Fsp3) is 0.300. The molecule has 1 aromatic heterocycles. The summed E-state index contributed by atoms with van der Waals surface area (Å²) in [5.41, 5.74) is 4.88. The topological polar surface area (TPSA) is 37.8 Å². The van der Waals surface area contributed by atoms with Crippen molar-refractivity contribution in [3.63, 3.8) is 0 Å². The summed E-state index contributed by atoms with van der Waals surface area (Å²) in [6.07, 6.45) is 5.76. The summed E-state index contributed by atoms with van der Waals surface area (Å²) in [6.45, 7) is 0. The molecular weight excluding hydrogens is 318 g/mol. The number of nitrogens with zero attached hydrogens (tertiary/aromatic N) is 2. The predicted octanol–water partition coefficient (Wildman–Crippen LogP) is 5.39. The lowest BCUT2D eigenvalue weighted by Crippen LogP contribution is -2.02. The molecule has 0 atom stereocenters. The van der Waals surface area contributed by atoms with Crippen molar-refractivity contribution in [3.8, 4) is 0 Å². The first-order chi connectivity index (χ1) is 11.8. The molecule has 2 aliphatic rings. The molecule has 0 radical (unpaired) electrons. The lowest BCUT2D eigenvalue weighted by Gasteiger charge is -2.14. The number of aryl methyl sites for hydroxylation is 1. The van der Waals surface area contributed by atoms with E-state index in [1.54, 1.807) is 0 Å². The molecule has 0 bridgehead atoms. The molecule has 1 fully saturated rings. The number of benzene rings is 2. The standard InChI is InChI=1S/C20H18ClN3/c21-20-23-17-7-3-6-16(17)19(24-20)22-18-11-10-13(12-8-9-12)14-4-1-2-5-15(14)18/h1-2,4-5,10-12H,3,6-9H2,(H,22,23,24). The Labute approximate surface area is 146 Å². The van der Waals surface area contributed by atoms with Gasteiger partial charge in [0.15, 0.2) is 0 Å². The van der Waals surface area contributed by atoms with Gasteiger partial charge in [0.2, 0.25) is 5.28 Å². The first-order valence-electron chi connectivity index (χ1n) is 8.63. The minimum absolute atomic E-state index is 0.331. The van der Waals surface area contributed by atoms with Crippen LogP contribution in [0.25, 0.3) is 10.8 Å². The Morgan fingerprint density at radius 3 is 2.62 bits per heavy atom. The molecule has 0 amide bonds. The van der Waals surface area contributed by atoms with E-state index in [-0.39, 0.29) is 0 Å². The average molecular weight is 336 g/mol. The molecule has 0 spiro atoms. The van der Waals surface area contributed by atoms with Crippen LogP contribution in [0.15, 0.2) is 36.4 Å². The Morgan fingerprint density at radius 2 is 1.79 bits per heavy atom. The maximum absolute atomic E-state index is 6.13. The summed E-state index contributed by atoms with van der Waals surface area (Å²) in [5, 5.41) is 6.47. The lowest BCUT2D eigenvalue weighted by atomic mass is 9.99. The highest BCUT2D eigenvalue weighted by atomic mass is 35.5. The summed E-state index contributed by atoms with van der Waals surface area (Å²) >= 11 is 6.13. The molecule has 2 aliphatic carbocycles. The summed E-state index contributed by atoms with van der Waals surface area (Å²) in [5.74, 6) is 1.61. The second-order valence-corrected chi connectivity index (χ2v) is 7.11. The van der Waals surface area contributed by atoms with Crippen molar-refractivity contribution in [1.82, 2.24) is 9.97 Å². The van der Waals surface area contributed by atoms with Gasteiger partial charge in [0.05, 0.1) is 5.69 Å². The molecule has 1 saturated carbocycles. The highest BCUT2D eigenvalue weighted by Gasteiger charge is 2.26. The van der Waals surface area contributed by atoms with E-state index in [1.165, 1.54) is 34.7 Å². The van der Waals surface area contributed by atoms with Crippen molar-refractivity contribution in [2.75, 3.05) is 5.32 Å². The van der Waals surface area contributed by atoms with E-state index in [2.05, 4.69) is 51.7 Å². The summed E-state index contributed by atoms with van der Waals surface area (Å²) in [7, 11) is 0. The van der Waals surface area contributed by atoms with E-state index in [4.69, 9.17) is 11.6 Å². The predicted molar refractivity (Wildman–Crippen MR) is 98.3 cm³/mol. The fourth-order valence-electron chi connectivity index (χ4n) is 3.82. The van der Waals surface area contributed by atoms with Gasteiger partial charge in [0.25, 0.3) is 0 Å². The van der Waals surface area contributed by atoms with Crippen molar-refractivity contribution in [2.45, 2.75) is 38.0 Å². The Bertz CT molecular complexity index is 947. The van der Waals surface area contributed by atoms with Crippen molar-refractivity contribution in [1.29, 1.82) is 0 Å². The van der Waals surface area contributed by atoms with Gasteiger partial charge in [-0.3, -0.25) is 0 Å². The minimum Gasteiger partial charge on any atom is -0.339 e. The molecule has 2 aromatic carbocycles. The van der Waals surface area contributed by atoms with Crippen molar-refractivity contribution < 1.29 is 0 Å². The number of anilines is 2. The highest BCUT2D eigenvalue weighted by molar-refractivity contribution is 6.28. The lowest BCUT2D eigenvalue weighted by molar-refractivity contribution is 0.899. The Hall–Kier alpha value is -2.13. The van der Waals surface area contributed by atoms with Gasteiger partial charge in [-0.2, -0.15) is 0 Å². The molecular formula is C20H18ClN3. The van der Waals surface area contributed by atoms with Crippen molar-refractivity contribution in [2.24, 2.45) is 0 Å². The van der Waals surface area contributed by atoms with E-state index in [1.807, 2.05) is 0 Å². The van der Waals surface area contributed by atoms with Crippen LogP contribution in [-0.4, -0.2) is 9.97 Å². The Balaban J connectivity index is 1.62. The smallest absolute Gasteiger partial charge is 0.224 e. The second kappa shape index (κ2) is 5.45. The van der Waals surface area contributed by atoms with Crippen LogP contribution in [0.3, 0.4) is 0 Å². The molecule has 0 aliphatic heterocycles. The number of halogens is 1. The number of hydrogen-bond donors (Lipinski definition) is 1. The van der Waals surface area contributed by atoms with Gasteiger partial charge in [-0.1, -0.05) is 30.3 Å². The van der Waals surface area contributed by atoms with Crippen LogP contribution < -0.4 is 5.32 Å². The third kappa shape index (κ3) is 2.35. The fourth-order valence-corrected chi connectivity index (χ4v) is 4.00. The zero-order valence-corrected chi connectivity index (χ0v) is 14.1. The third-order valence-corrected chi connectivity index (χ3v) is 5.30. The quantitative estimate of drug-likeness (QED) is 0.652. The van der Waals surface area contributed by atoms with Gasteiger partial charge < -0.3 is 5.32 Å². The van der Waals surface area contributed by atoms with E-state index in [9.17, 15) is 0 Å². The van der Waals surface area contributed by atoms with E-state index in [0.29, 0.717) is 5.28 Å². The second-order valence-electron chi connectivity index (χ2n) is 6.77. The Morgan fingerprint density at radius 1 is 0.958 bits per heavy atom. The third-order valence-electron chi connectivity index (χ3n) is 5.13. The maximum Gasteiger partial charge on any atom is 0.224 e. The molecule has 120 valence electrons. The van der Waals surface area contributed by atoms with Crippen LogP contribution >= 0.6 is 11.6 Å². The van der Waals surface area contributed by atoms with Gasteiger partial charge >= 0.3 is 0 Å². The monoisotopic (exact) mass is 335 g/mol. The number of nitrogens with one attached hydrogen (secondary N) is 1. The first-order valence-corrected chi connectivity index (χ1v) is 9.01. The van der Waals surface area contributed by atoms with Gasteiger partial charge in [-0.25, -0.2) is 9.97 Å². The van der Waals surface area contributed by atoms with Crippen molar-refractivity contribution in [3.05, 3.63) is 58.5 Å². The molecule has 4 heteroatoms. The van der Waals surface area contributed by atoms with E-state index >= 15 is 0 Å². The molecule has 1 heterocycles. The van der Waals surface area contributed by atoms with E-state index in [0.717, 1.165) is 42.4 Å². The maximum atomic E-state index is 6.13. The summed E-state index contributed by atoms with van der Waals surface area (Å²) in [4.78, 5) is 8.84. The van der Waals surface area contributed by atoms with Crippen LogP contribution in [0.2, 0.25) is 5.28 Å². The first kappa shape index (κ1) is 14.2. The Kier molecular flexibility index (Phi) is 3.23.